The van der Waals surface area contributed by atoms with Gasteiger partial charge in [0.05, 0.1) is 12.7 Å². The third kappa shape index (κ3) is 3.73. The van der Waals surface area contributed by atoms with E-state index in [9.17, 15) is 4.79 Å². The zero-order valence-electron chi connectivity index (χ0n) is 11.6. The molecule has 1 N–H and O–H groups in total. The van der Waals surface area contributed by atoms with Crippen LogP contribution in [0.15, 0.2) is 47.4 Å². The molecule has 2 aromatic rings. The summed E-state index contributed by atoms with van der Waals surface area (Å²) in [6, 6.07) is 11.4. The van der Waals surface area contributed by atoms with E-state index in [2.05, 4.69) is 9.88 Å². The minimum absolute atomic E-state index is 0.0537. The van der Waals surface area contributed by atoms with E-state index >= 15 is 0 Å². The molecule has 4 nitrogen and oxygen atoms in total. The zero-order valence-corrected chi connectivity index (χ0v) is 12.3. The van der Waals surface area contributed by atoms with Crippen LogP contribution in [0.5, 0.6) is 0 Å². The van der Waals surface area contributed by atoms with Gasteiger partial charge in [0.15, 0.2) is 0 Å². The van der Waals surface area contributed by atoms with Gasteiger partial charge >= 0.3 is 0 Å². The Bertz CT molecular complexity index is 654. The molecule has 0 unspecified atom stereocenters. The molecule has 1 aliphatic rings. The third-order valence-corrected chi connectivity index (χ3v) is 3.89. The number of aromatic amines is 1. The van der Waals surface area contributed by atoms with E-state index in [0.29, 0.717) is 6.61 Å². The summed E-state index contributed by atoms with van der Waals surface area (Å²) in [4.78, 5) is 16.3. The minimum Gasteiger partial charge on any atom is -0.371 e. The molecule has 1 aromatic carbocycles. The summed E-state index contributed by atoms with van der Waals surface area (Å²) in [6.07, 6.45) is 1.74. The highest BCUT2D eigenvalue weighted by Crippen LogP contribution is 2.24. The predicted molar refractivity (Wildman–Crippen MR) is 82.5 cm³/mol. The molecule has 0 saturated carbocycles. The van der Waals surface area contributed by atoms with Crippen molar-refractivity contribution >= 4 is 11.6 Å². The number of H-pyrrole nitrogens is 1. The Kier molecular flexibility index (Phi) is 4.39. The first-order valence-corrected chi connectivity index (χ1v) is 7.35. The highest BCUT2D eigenvalue weighted by molar-refractivity contribution is 6.30. The number of morpholine rings is 1. The molecular formula is C16H17ClN2O2. The smallest absolute Gasteiger partial charge is 0.248 e. The number of aromatic nitrogens is 1. The van der Waals surface area contributed by atoms with Crippen LogP contribution in [0.3, 0.4) is 0 Å². The largest absolute Gasteiger partial charge is 0.371 e. The molecule has 0 spiro atoms. The first-order valence-electron chi connectivity index (χ1n) is 6.98. The average Bonchev–Trinajstić information content (AvgIpc) is 2.48. The number of rotatable bonds is 3. The number of hydrogen-bond donors (Lipinski definition) is 1. The van der Waals surface area contributed by atoms with E-state index in [-0.39, 0.29) is 11.7 Å². The van der Waals surface area contributed by atoms with Crippen LogP contribution >= 0.6 is 11.6 Å². The first-order chi connectivity index (χ1) is 10.2. The summed E-state index contributed by atoms with van der Waals surface area (Å²) in [5.41, 5.74) is 2.10. The Hall–Kier alpha value is -1.62. The van der Waals surface area contributed by atoms with Crippen molar-refractivity contribution < 1.29 is 4.74 Å². The van der Waals surface area contributed by atoms with Gasteiger partial charge < -0.3 is 9.72 Å². The van der Waals surface area contributed by atoms with Crippen LogP contribution < -0.4 is 5.56 Å². The summed E-state index contributed by atoms with van der Waals surface area (Å²) in [7, 11) is 0. The average molecular weight is 305 g/mol. The van der Waals surface area contributed by atoms with Gasteiger partial charge in [-0.15, -0.1) is 0 Å². The molecule has 0 amide bonds. The van der Waals surface area contributed by atoms with E-state index in [1.165, 1.54) is 0 Å². The molecule has 21 heavy (non-hydrogen) atoms. The van der Waals surface area contributed by atoms with Crippen LogP contribution in [0.2, 0.25) is 5.02 Å². The molecule has 0 bridgehead atoms. The van der Waals surface area contributed by atoms with Crippen LogP contribution in [0, 0.1) is 0 Å². The number of nitrogens with one attached hydrogen (secondary N) is 1. The second kappa shape index (κ2) is 6.43. The fraction of sp³-hybridized carbons (Fsp3) is 0.312. The van der Waals surface area contributed by atoms with Crippen LogP contribution in [0.1, 0.15) is 17.2 Å². The van der Waals surface area contributed by atoms with Crippen molar-refractivity contribution in [1.29, 1.82) is 0 Å². The zero-order chi connectivity index (χ0) is 14.7. The van der Waals surface area contributed by atoms with E-state index in [1.807, 2.05) is 30.3 Å². The lowest BCUT2D eigenvalue weighted by Gasteiger charge is -2.33. The molecule has 0 aliphatic carbocycles. The standard InChI is InChI=1S/C16H17ClN2O2/c17-14-3-1-13(2-4-14)15-11-19(7-8-21-15)10-12-5-6-18-16(20)9-12/h1-6,9,15H,7-8,10-11H2,(H,18,20)/t15-/m1/s1. The maximum absolute atomic E-state index is 11.3. The van der Waals surface area contributed by atoms with Gasteiger partial charge in [0.25, 0.3) is 0 Å². The number of nitrogens with zero attached hydrogens (tertiary/aromatic N) is 1. The fourth-order valence-electron chi connectivity index (χ4n) is 2.57. The molecule has 2 heterocycles. The summed E-state index contributed by atoms with van der Waals surface area (Å²) in [5.74, 6) is 0. The number of benzene rings is 1. The molecule has 0 radical (unpaired) electrons. The van der Waals surface area contributed by atoms with Crippen molar-refractivity contribution in [3.8, 4) is 0 Å². The maximum Gasteiger partial charge on any atom is 0.248 e. The van der Waals surface area contributed by atoms with Gasteiger partial charge in [0, 0.05) is 36.9 Å². The normalized spacial score (nSPS) is 19.6. The summed E-state index contributed by atoms with van der Waals surface area (Å²) in [5, 5.41) is 0.731. The summed E-state index contributed by atoms with van der Waals surface area (Å²) >= 11 is 5.92. The minimum atomic E-state index is -0.0602. The molecule has 5 heteroatoms. The maximum atomic E-state index is 11.3. The predicted octanol–water partition coefficient (Wildman–Crippen LogP) is 2.60. The van der Waals surface area contributed by atoms with Crippen LogP contribution in [0.25, 0.3) is 0 Å². The van der Waals surface area contributed by atoms with E-state index in [4.69, 9.17) is 16.3 Å². The number of hydrogen-bond acceptors (Lipinski definition) is 3. The van der Waals surface area contributed by atoms with E-state index in [1.54, 1.807) is 12.3 Å². The Morgan fingerprint density at radius 3 is 2.86 bits per heavy atom. The number of halogens is 1. The molecule has 1 saturated heterocycles. The van der Waals surface area contributed by atoms with Crippen molar-refractivity contribution in [3.05, 3.63) is 69.1 Å². The lowest BCUT2D eigenvalue weighted by Crippen LogP contribution is -2.37. The van der Waals surface area contributed by atoms with Gasteiger partial charge in [-0.05, 0) is 29.3 Å². The molecule has 3 rings (SSSR count). The van der Waals surface area contributed by atoms with Crippen LogP contribution in [-0.2, 0) is 11.3 Å². The monoisotopic (exact) mass is 304 g/mol. The Morgan fingerprint density at radius 2 is 2.10 bits per heavy atom. The molecule has 1 aliphatic heterocycles. The lowest BCUT2D eigenvalue weighted by atomic mass is 10.1. The number of ether oxygens (including phenoxy) is 1. The van der Waals surface area contributed by atoms with Gasteiger partial charge in [-0.1, -0.05) is 23.7 Å². The first kappa shape index (κ1) is 14.3. The van der Waals surface area contributed by atoms with Gasteiger partial charge in [-0.2, -0.15) is 0 Å². The van der Waals surface area contributed by atoms with Crippen molar-refractivity contribution in [2.24, 2.45) is 0 Å². The second-order valence-corrected chi connectivity index (χ2v) is 5.64. The van der Waals surface area contributed by atoms with Crippen molar-refractivity contribution in [1.82, 2.24) is 9.88 Å². The van der Waals surface area contributed by atoms with Gasteiger partial charge in [-0.3, -0.25) is 9.69 Å². The van der Waals surface area contributed by atoms with Crippen molar-refractivity contribution in [2.75, 3.05) is 19.7 Å². The van der Waals surface area contributed by atoms with Crippen molar-refractivity contribution in [3.63, 3.8) is 0 Å². The Morgan fingerprint density at radius 1 is 1.29 bits per heavy atom. The van der Waals surface area contributed by atoms with E-state index < -0.39 is 0 Å². The van der Waals surface area contributed by atoms with Crippen LogP contribution in [-0.4, -0.2) is 29.6 Å². The van der Waals surface area contributed by atoms with Gasteiger partial charge in [0.2, 0.25) is 5.56 Å². The topological polar surface area (TPSA) is 45.3 Å². The van der Waals surface area contributed by atoms with Gasteiger partial charge in [0.1, 0.15) is 0 Å². The quantitative estimate of drug-likeness (QED) is 0.948. The molecule has 1 aromatic heterocycles. The third-order valence-electron chi connectivity index (χ3n) is 3.64. The SMILES string of the molecule is O=c1cc(CN2CCO[C@@H](c3ccc(Cl)cc3)C2)cc[nH]1. The Balaban J connectivity index is 1.68. The summed E-state index contributed by atoms with van der Waals surface area (Å²) in [6.45, 7) is 3.14. The van der Waals surface area contributed by atoms with Crippen LogP contribution in [0.4, 0.5) is 0 Å². The Labute approximate surface area is 128 Å². The highest BCUT2D eigenvalue weighted by Gasteiger charge is 2.21. The summed E-state index contributed by atoms with van der Waals surface area (Å²) < 4.78 is 5.84. The van der Waals surface area contributed by atoms with Crippen molar-refractivity contribution in [2.45, 2.75) is 12.6 Å². The van der Waals surface area contributed by atoms with Gasteiger partial charge in [-0.25, -0.2) is 0 Å². The number of pyridine rings is 1. The highest BCUT2D eigenvalue weighted by atomic mass is 35.5. The molecule has 110 valence electrons. The molecule has 1 fully saturated rings. The molecular weight excluding hydrogens is 288 g/mol. The van der Waals surface area contributed by atoms with E-state index in [0.717, 1.165) is 35.8 Å². The molecule has 1 atom stereocenters. The fourth-order valence-corrected chi connectivity index (χ4v) is 2.70. The second-order valence-electron chi connectivity index (χ2n) is 5.21. The lowest BCUT2D eigenvalue weighted by molar-refractivity contribution is -0.0329.